The van der Waals surface area contributed by atoms with E-state index in [-0.39, 0.29) is 23.8 Å². The second-order valence-corrected chi connectivity index (χ2v) is 6.41. The van der Waals surface area contributed by atoms with E-state index in [1.165, 1.54) is 12.1 Å². The molecule has 0 saturated heterocycles. The summed E-state index contributed by atoms with van der Waals surface area (Å²) < 4.78 is 26.8. The van der Waals surface area contributed by atoms with Gasteiger partial charge in [-0.1, -0.05) is 15.9 Å². The highest BCUT2D eigenvalue weighted by Gasteiger charge is 2.25. The van der Waals surface area contributed by atoms with E-state index in [9.17, 15) is 18.5 Å². The number of unbranched alkanes of at least 4 members (excludes halogenated alkanes) is 1. The van der Waals surface area contributed by atoms with Crippen molar-refractivity contribution in [3.63, 3.8) is 0 Å². The maximum atomic E-state index is 12.0. The van der Waals surface area contributed by atoms with Crippen LogP contribution in [0.2, 0.25) is 0 Å². The Hall–Kier alpha value is -0.740. The molecule has 0 amide bonds. The van der Waals surface area contributed by atoms with Gasteiger partial charge in [0, 0.05) is 17.1 Å². The smallest absolute Gasteiger partial charge is 0.289 e. The summed E-state index contributed by atoms with van der Waals surface area (Å²) in [6.45, 7) is 0.669. The van der Waals surface area contributed by atoms with Crippen molar-refractivity contribution in [1.29, 1.82) is 0 Å². The van der Waals surface area contributed by atoms with Gasteiger partial charge in [-0.05, 0) is 31.5 Å². The number of hydrogen-bond donors (Lipinski definition) is 2. The van der Waals surface area contributed by atoms with Gasteiger partial charge in [0.15, 0.2) is 4.90 Å². The van der Waals surface area contributed by atoms with E-state index in [4.69, 9.17) is 5.73 Å². The van der Waals surface area contributed by atoms with Crippen LogP contribution in [-0.2, 0) is 10.0 Å². The molecule has 1 rings (SSSR count). The molecule has 0 aromatic heterocycles. The zero-order valence-corrected chi connectivity index (χ0v) is 13.6. The normalized spacial score (nSPS) is 10.9. The van der Waals surface area contributed by atoms with E-state index in [1.807, 2.05) is 0 Å². The number of nitrogens with two attached hydrogens (primary N) is 1. The van der Waals surface area contributed by atoms with Crippen molar-refractivity contribution in [3.8, 4) is 0 Å². The van der Waals surface area contributed by atoms with Gasteiger partial charge in [0.05, 0.1) is 4.92 Å². The first-order valence-corrected chi connectivity index (χ1v) is 7.80. The zero-order valence-electron chi connectivity index (χ0n) is 10.4. The molecule has 1 aromatic carbocycles. The largest absolute Gasteiger partial charge is 0.330 e. The highest BCUT2D eigenvalue weighted by molar-refractivity contribution is 9.10. The van der Waals surface area contributed by atoms with Gasteiger partial charge < -0.3 is 5.73 Å². The van der Waals surface area contributed by atoms with E-state index in [0.717, 1.165) is 6.07 Å². The molecule has 1 aromatic rings. The Labute approximate surface area is 131 Å². The van der Waals surface area contributed by atoms with E-state index >= 15 is 0 Å². The summed E-state index contributed by atoms with van der Waals surface area (Å²) in [7, 11) is -3.90. The first-order chi connectivity index (χ1) is 8.88. The second-order valence-electron chi connectivity index (χ2n) is 3.76. The minimum absolute atomic E-state index is 0. The number of hydrogen-bond acceptors (Lipinski definition) is 5. The molecule has 0 aliphatic heterocycles. The summed E-state index contributed by atoms with van der Waals surface area (Å²) in [5, 5.41) is 10.8. The van der Waals surface area contributed by atoms with E-state index in [1.54, 1.807) is 0 Å². The second kappa shape index (κ2) is 8.53. The van der Waals surface area contributed by atoms with Gasteiger partial charge in [-0.15, -0.1) is 12.4 Å². The van der Waals surface area contributed by atoms with E-state index in [0.29, 0.717) is 23.9 Å². The minimum Gasteiger partial charge on any atom is -0.330 e. The van der Waals surface area contributed by atoms with Crippen LogP contribution in [0, 0.1) is 10.1 Å². The maximum absolute atomic E-state index is 12.0. The van der Waals surface area contributed by atoms with Gasteiger partial charge in [-0.25, -0.2) is 13.1 Å². The SMILES string of the molecule is Cl.NCCCCNS(=O)(=O)c1cc(Br)ccc1[N+](=O)[O-]. The van der Waals surface area contributed by atoms with Crippen LogP contribution in [0.25, 0.3) is 0 Å². The van der Waals surface area contributed by atoms with E-state index in [2.05, 4.69) is 20.7 Å². The lowest BCUT2D eigenvalue weighted by atomic mass is 10.3. The molecular formula is C10H15BrClN3O4S. The standard InChI is InChI=1S/C10H14BrN3O4S.ClH/c11-8-3-4-9(14(15)16)10(7-8)19(17,18)13-6-2-1-5-12;/h3-4,7,13H,1-2,5-6,12H2;1H. The van der Waals surface area contributed by atoms with Gasteiger partial charge in [0.2, 0.25) is 10.0 Å². The molecule has 0 spiro atoms. The molecule has 10 heteroatoms. The van der Waals surface area contributed by atoms with Crippen molar-refractivity contribution in [2.24, 2.45) is 5.73 Å². The van der Waals surface area contributed by atoms with Crippen LogP contribution in [0.3, 0.4) is 0 Å². The predicted molar refractivity (Wildman–Crippen MR) is 81.5 cm³/mol. The Balaban J connectivity index is 0.00000361. The summed E-state index contributed by atoms with van der Waals surface area (Å²) in [5.74, 6) is 0. The molecule has 0 atom stereocenters. The van der Waals surface area contributed by atoms with Crippen LogP contribution in [0.15, 0.2) is 27.6 Å². The topological polar surface area (TPSA) is 115 Å². The lowest BCUT2D eigenvalue weighted by molar-refractivity contribution is -0.387. The number of nitrogens with one attached hydrogen (secondary N) is 1. The van der Waals surface area contributed by atoms with Crippen molar-refractivity contribution in [3.05, 3.63) is 32.8 Å². The molecule has 0 heterocycles. The number of sulfonamides is 1. The van der Waals surface area contributed by atoms with Crippen LogP contribution in [0.1, 0.15) is 12.8 Å². The molecule has 0 saturated carbocycles. The van der Waals surface area contributed by atoms with Crippen LogP contribution >= 0.6 is 28.3 Å². The Morgan fingerprint density at radius 1 is 1.35 bits per heavy atom. The molecule has 0 radical (unpaired) electrons. The number of benzene rings is 1. The summed E-state index contributed by atoms with van der Waals surface area (Å²) in [5.41, 5.74) is 4.85. The van der Waals surface area contributed by atoms with Crippen LogP contribution in [0.4, 0.5) is 5.69 Å². The number of halogens is 2. The van der Waals surface area contributed by atoms with Crippen molar-refractivity contribution in [1.82, 2.24) is 4.72 Å². The fraction of sp³-hybridized carbons (Fsp3) is 0.400. The third-order valence-corrected chi connectivity index (χ3v) is 4.31. The van der Waals surface area contributed by atoms with Crippen molar-refractivity contribution < 1.29 is 13.3 Å². The molecule has 114 valence electrons. The zero-order chi connectivity index (χ0) is 14.5. The Kier molecular flexibility index (Phi) is 8.21. The lowest BCUT2D eigenvalue weighted by Gasteiger charge is -2.07. The van der Waals surface area contributed by atoms with Crippen molar-refractivity contribution in [2.75, 3.05) is 13.1 Å². The van der Waals surface area contributed by atoms with Gasteiger partial charge >= 0.3 is 0 Å². The average molecular weight is 389 g/mol. The molecular weight excluding hydrogens is 374 g/mol. The Bertz CT molecular complexity index is 568. The van der Waals surface area contributed by atoms with Crippen LogP contribution < -0.4 is 10.5 Å². The summed E-state index contributed by atoms with van der Waals surface area (Å²) in [6, 6.07) is 3.79. The molecule has 0 aliphatic carbocycles. The molecule has 0 aliphatic rings. The van der Waals surface area contributed by atoms with Gasteiger partial charge in [0.1, 0.15) is 0 Å². The highest BCUT2D eigenvalue weighted by atomic mass is 79.9. The Morgan fingerprint density at radius 3 is 2.55 bits per heavy atom. The van der Waals surface area contributed by atoms with Gasteiger partial charge in [-0.2, -0.15) is 0 Å². The molecule has 3 N–H and O–H groups in total. The summed E-state index contributed by atoms with van der Waals surface area (Å²) >= 11 is 3.10. The predicted octanol–water partition coefficient (Wildman–Crippen LogP) is 1.80. The molecule has 0 unspecified atom stereocenters. The van der Waals surface area contributed by atoms with Crippen molar-refractivity contribution in [2.45, 2.75) is 17.7 Å². The lowest BCUT2D eigenvalue weighted by Crippen LogP contribution is -2.26. The number of nitro benzene ring substituents is 1. The van der Waals surface area contributed by atoms with Gasteiger partial charge in [-0.3, -0.25) is 10.1 Å². The minimum atomic E-state index is -3.90. The average Bonchev–Trinajstić information content (AvgIpc) is 2.34. The third kappa shape index (κ3) is 5.33. The number of nitro groups is 1. The summed E-state index contributed by atoms with van der Waals surface area (Å²) in [4.78, 5) is 9.77. The quantitative estimate of drug-likeness (QED) is 0.420. The monoisotopic (exact) mass is 387 g/mol. The van der Waals surface area contributed by atoms with Crippen LogP contribution in [-0.4, -0.2) is 26.4 Å². The first-order valence-electron chi connectivity index (χ1n) is 5.52. The van der Waals surface area contributed by atoms with Crippen molar-refractivity contribution >= 4 is 44.0 Å². The molecule has 0 fully saturated rings. The highest BCUT2D eigenvalue weighted by Crippen LogP contribution is 2.26. The fourth-order valence-electron chi connectivity index (χ4n) is 1.41. The summed E-state index contributed by atoms with van der Waals surface area (Å²) in [6.07, 6.45) is 1.26. The fourth-order valence-corrected chi connectivity index (χ4v) is 3.19. The first kappa shape index (κ1) is 19.3. The molecule has 20 heavy (non-hydrogen) atoms. The van der Waals surface area contributed by atoms with Gasteiger partial charge in [0.25, 0.3) is 5.69 Å². The number of rotatable bonds is 7. The number of nitrogens with zero attached hydrogens (tertiary/aromatic N) is 1. The Morgan fingerprint density at radius 2 is 2.00 bits per heavy atom. The molecule has 7 nitrogen and oxygen atoms in total. The maximum Gasteiger partial charge on any atom is 0.289 e. The molecule has 0 bridgehead atoms. The van der Waals surface area contributed by atoms with E-state index < -0.39 is 20.6 Å². The van der Waals surface area contributed by atoms with Crippen LogP contribution in [0.5, 0.6) is 0 Å². The third-order valence-electron chi connectivity index (χ3n) is 2.33.